The van der Waals surface area contributed by atoms with Crippen molar-refractivity contribution in [3.8, 4) is 0 Å². The maximum atomic E-state index is 11.9. The van der Waals surface area contributed by atoms with E-state index in [0.717, 1.165) is 18.0 Å². The zero-order chi connectivity index (χ0) is 14.5. The molecule has 8 heteroatoms. The van der Waals surface area contributed by atoms with Crippen LogP contribution in [0, 0.1) is 0 Å². The van der Waals surface area contributed by atoms with E-state index < -0.39 is 5.97 Å². The summed E-state index contributed by atoms with van der Waals surface area (Å²) in [6.07, 6.45) is 4.56. The highest BCUT2D eigenvalue weighted by atomic mass is 32.2. The highest BCUT2D eigenvalue weighted by Gasteiger charge is 2.26. The molecule has 1 saturated carbocycles. The zero-order valence-electron chi connectivity index (χ0n) is 11.4. The highest BCUT2D eigenvalue weighted by molar-refractivity contribution is 7.99. The Balaban J connectivity index is 1.73. The first kappa shape index (κ1) is 14.8. The smallest absolute Gasteiger partial charge is 0.303 e. The minimum Gasteiger partial charge on any atom is -0.481 e. The van der Waals surface area contributed by atoms with E-state index in [9.17, 15) is 9.59 Å². The zero-order valence-corrected chi connectivity index (χ0v) is 12.2. The molecule has 0 unspecified atom stereocenters. The summed E-state index contributed by atoms with van der Waals surface area (Å²) in [5, 5.41) is 17.2. The molecule has 0 aromatic carbocycles. The molecule has 0 aliphatic heterocycles. The van der Waals surface area contributed by atoms with Gasteiger partial charge in [-0.05, 0) is 19.3 Å². The van der Waals surface area contributed by atoms with Crippen LogP contribution in [0.25, 0.3) is 0 Å². The summed E-state index contributed by atoms with van der Waals surface area (Å²) in [5.74, 6) is -0.557. The topological polar surface area (TPSA) is 88.3 Å². The van der Waals surface area contributed by atoms with E-state index in [1.807, 2.05) is 4.57 Å². The average Bonchev–Trinajstić information content (AvgIpc) is 3.14. The lowest BCUT2D eigenvalue weighted by molar-refractivity contribution is -0.137. The summed E-state index contributed by atoms with van der Waals surface area (Å²) >= 11 is 1.38. The Kier molecular flexibility index (Phi) is 4.99. The molecule has 1 N–H and O–H groups in total. The number of aromatic nitrogens is 3. The van der Waals surface area contributed by atoms with Gasteiger partial charge in [-0.2, -0.15) is 0 Å². The Hall–Kier alpha value is -1.57. The second-order valence-corrected chi connectivity index (χ2v) is 5.80. The predicted molar refractivity (Wildman–Crippen MR) is 73.5 cm³/mol. The van der Waals surface area contributed by atoms with E-state index in [0.29, 0.717) is 24.8 Å². The van der Waals surface area contributed by atoms with E-state index in [1.54, 1.807) is 18.3 Å². The fraction of sp³-hybridized carbons (Fsp3) is 0.667. The third-order valence-corrected chi connectivity index (χ3v) is 4.06. The Morgan fingerprint density at radius 3 is 2.95 bits per heavy atom. The molecule has 0 saturated heterocycles. The SMILES string of the molecule is CN(CCCC(=O)O)C(=O)CSc1nncn1C1CC1. The van der Waals surface area contributed by atoms with Gasteiger partial charge in [0.15, 0.2) is 5.16 Å². The van der Waals surface area contributed by atoms with Crippen molar-refractivity contribution in [2.45, 2.75) is 36.9 Å². The van der Waals surface area contributed by atoms with Crippen molar-refractivity contribution in [1.29, 1.82) is 0 Å². The maximum Gasteiger partial charge on any atom is 0.303 e. The number of nitrogens with zero attached hydrogens (tertiary/aromatic N) is 4. The van der Waals surface area contributed by atoms with Gasteiger partial charge in [0.2, 0.25) is 5.91 Å². The van der Waals surface area contributed by atoms with Crippen molar-refractivity contribution < 1.29 is 14.7 Å². The molecule has 0 radical (unpaired) electrons. The molecule has 1 aliphatic rings. The molecule has 20 heavy (non-hydrogen) atoms. The number of rotatable bonds is 8. The van der Waals surface area contributed by atoms with Gasteiger partial charge in [0.05, 0.1) is 5.75 Å². The van der Waals surface area contributed by atoms with Crippen molar-refractivity contribution in [2.24, 2.45) is 0 Å². The van der Waals surface area contributed by atoms with Crippen molar-refractivity contribution in [1.82, 2.24) is 19.7 Å². The maximum absolute atomic E-state index is 11.9. The van der Waals surface area contributed by atoms with E-state index in [4.69, 9.17) is 5.11 Å². The van der Waals surface area contributed by atoms with E-state index in [1.165, 1.54) is 11.8 Å². The second kappa shape index (κ2) is 6.74. The van der Waals surface area contributed by atoms with Crippen LogP contribution in [0.2, 0.25) is 0 Å². The van der Waals surface area contributed by atoms with Gasteiger partial charge in [-0.3, -0.25) is 9.59 Å². The van der Waals surface area contributed by atoms with Crippen LogP contribution in [-0.4, -0.2) is 56.0 Å². The number of carboxylic acids is 1. The summed E-state index contributed by atoms with van der Waals surface area (Å²) in [7, 11) is 1.69. The number of carbonyl (C=O) groups excluding carboxylic acids is 1. The van der Waals surface area contributed by atoms with E-state index in [-0.39, 0.29) is 12.3 Å². The number of hydrogen-bond donors (Lipinski definition) is 1. The fourth-order valence-corrected chi connectivity index (χ4v) is 2.69. The molecule has 7 nitrogen and oxygen atoms in total. The van der Waals surface area contributed by atoms with Gasteiger partial charge in [-0.1, -0.05) is 11.8 Å². The van der Waals surface area contributed by atoms with Crippen LogP contribution in [0.3, 0.4) is 0 Å². The van der Waals surface area contributed by atoms with Gasteiger partial charge in [-0.15, -0.1) is 10.2 Å². The standard InChI is InChI=1S/C12H18N4O3S/c1-15(6-2-3-11(18)19)10(17)7-20-12-14-13-8-16(12)9-4-5-9/h8-9H,2-7H2,1H3,(H,18,19). The number of hydrogen-bond acceptors (Lipinski definition) is 5. The van der Waals surface area contributed by atoms with Gasteiger partial charge in [0, 0.05) is 26.1 Å². The van der Waals surface area contributed by atoms with Crippen LogP contribution in [-0.2, 0) is 9.59 Å². The molecule has 0 spiro atoms. The second-order valence-electron chi connectivity index (χ2n) is 4.85. The van der Waals surface area contributed by atoms with Gasteiger partial charge < -0.3 is 14.6 Å². The Bertz CT molecular complexity index is 487. The Morgan fingerprint density at radius 2 is 2.30 bits per heavy atom. The van der Waals surface area contributed by atoms with Crippen molar-refractivity contribution in [3.05, 3.63) is 6.33 Å². The van der Waals surface area contributed by atoms with Crippen LogP contribution in [0.1, 0.15) is 31.7 Å². The fourth-order valence-electron chi connectivity index (χ4n) is 1.77. The Labute approximate surface area is 121 Å². The number of carboxylic acid groups (broad SMARTS) is 1. The van der Waals surface area contributed by atoms with Gasteiger partial charge in [-0.25, -0.2) is 0 Å². The average molecular weight is 298 g/mol. The van der Waals surface area contributed by atoms with Crippen LogP contribution >= 0.6 is 11.8 Å². The van der Waals surface area contributed by atoms with Gasteiger partial charge in [0.25, 0.3) is 0 Å². The number of carbonyl (C=O) groups is 2. The molecular formula is C12H18N4O3S. The summed E-state index contributed by atoms with van der Waals surface area (Å²) in [4.78, 5) is 23.9. The van der Waals surface area contributed by atoms with Gasteiger partial charge >= 0.3 is 5.97 Å². The first-order chi connectivity index (χ1) is 9.58. The minimum absolute atomic E-state index is 0.0225. The number of amides is 1. The predicted octanol–water partition coefficient (Wildman–Crippen LogP) is 1.03. The van der Waals surface area contributed by atoms with Crippen molar-refractivity contribution >= 4 is 23.6 Å². The largest absolute Gasteiger partial charge is 0.481 e. The van der Waals surface area contributed by atoms with Crippen molar-refractivity contribution in [3.63, 3.8) is 0 Å². The highest BCUT2D eigenvalue weighted by Crippen LogP contribution is 2.37. The quantitative estimate of drug-likeness (QED) is 0.721. The molecule has 1 fully saturated rings. The molecule has 1 aliphatic carbocycles. The number of aliphatic carboxylic acids is 1. The normalized spacial score (nSPS) is 14.2. The lowest BCUT2D eigenvalue weighted by Gasteiger charge is -2.16. The van der Waals surface area contributed by atoms with Crippen LogP contribution in [0.4, 0.5) is 0 Å². The molecule has 0 atom stereocenters. The van der Waals surface area contributed by atoms with Crippen LogP contribution < -0.4 is 0 Å². The third-order valence-electron chi connectivity index (χ3n) is 3.12. The molecule has 1 aromatic heterocycles. The number of thioether (sulfide) groups is 1. The first-order valence-electron chi connectivity index (χ1n) is 6.56. The monoisotopic (exact) mass is 298 g/mol. The first-order valence-corrected chi connectivity index (χ1v) is 7.54. The van der Waals surface area contributed by atoms with Crippen LogP contribution in [0.5, 0.6) is 0 Å². The summed E-state index contributed by atoms with van der Waals surface area (Å²) in [5.41, 5.74) is 0. The molecule has 110 valence electrons. The molecule has 1 aromatic rings. The molecule has 0 bridgehead atoms. The lowest BCUT2D eigenvalue weighted by Crippen LogP contribution is -2.29. The third kappa shape index (κ3) is 4.22. The molecule has 1 heterocycles. The molecule has 1 amide bonds. The van der Waals surface area contributed by atoms with Crippen LogP contribution in [0.15, 0.2) is 11.5 Å². The van der Waals surface area contributed by atoms with E-state index >= 15 is 0 Å². The lowest BCUT2D eigenvalue weighted by atomic mass is 10.3. The van der Waals surface area contributed by atoms with Crippen molar-refractivity contribution in [2.75, 3.05) is 19.3 Å². The summed E-state index contributed by atoms with van der Waals surface area (Å²) in [6, 6.07) is 0.496. The molecule has 2 rings (SSSR count). The summed E-state index contributed by atoms with van der Waals surface area (Å²) in [6.45, 7) is 0.459. The van der Waals surface area contributed by atoms with E-state index in [2.05, 4.69) is 10.2 Å². The Morgan fingerprint density at radius 1 is 1.55 bits per heavy atom. The summed E-state index contributed by atoms with van der Waals surface area (Å²) < 4.78 is 2.02. The minimum atomic E-state index is -0.835. The molecular weight excluding hydrogens is 280 g/mol. The van der Waals surface area contributed by atoms with Gasteiger partial charge in [0.1, 0.15) is 6.33 Å².